The van der Waals surface area contributed by atoms with Gasteiger partial charge in [-0.2, -0.15) is 0 Å². The van der Waals surface area contributed by atoms with E-state index in [1.807, 2.05) is 19.9 Å². The quantitative estimate of drug-likeness (QED) is 0.421. The van der Waals surface area contributed by atoms with Crippen molar-refractivity contribution in [2.24, 2.45) is 0 Å². The summed E-state index contributed by atoms with van der Waals surface area (Å²) >= 11 is 9.57. The van der Waals surface area contributed by atoms with E-state index in [0.29, 0.717) is 0 Å². The fourth-order valence-electron chi connectivity index (χ4n) is 0.794. The number of allylic oxidation sites excluding steroid dienone is 3. The Bertz CT molecular complexity index is 281. The molecule has 0 atom stereocenters. The molecule has 0 saturated carbocycles. The van der Waals surface area contributed by atoms with Crippen molar-refractivity contribution in [3.05, 3.63) is 22.3 Å². The van der Waals surface area contributed by atoms with Gasteiger partial charge in [0.2, 0.25) is 0 Å². The first-order valence-corrected chi connectivity index (χ1v) is 6.34. The van der Waals surface area contributed by atoms with Gasteiger partial charge in [0.1, 0.15) is 0 Å². The van der Waals surface area contributed by atoms with Gasteiger partial charge < -0.3 is 0 Å². The molecule has 0 aromatic carbocycles. The average Bonchev–Trinajstić information content (AvgIpc) is 1.99. The summed E-state index contributed by atoms with van der Waals surface area (Å²) in [6.07, 6.45) is 1.88. The fraction of sp³-hybridized carbons (Fsp3) is 0.333. The Labute approximate surface area is 104 Å². The molecule has 72 valence electrons. The van der Waals surface area contributed by atoms with E-state index in [1.165, 1.54) is 23.3 Å². The van der Waals surface area contributed by atoms with Crippen LogP contribution in [0.25, 0.3) is 0 Å². The Morgan fingerprint density at radius 2 is 2.00 bits per heavy atom. The maximum absolute atomic E-state index is 5.00. The third-order valence-electron chi connectivity index (χ3n) is 1.32. The number of halogens is 1. The summed E-state index contributed by atoms with van der Waals surface area (Å²) < 4.78 is 1.29. The van der Waals surface area contributed by atoms with E-state index in [4.69, 9.17) is 12.2 Å². The van der Waals surface area contributed by atoms with Crippen molar-refractivity contribution < 1.29 is 19.4 Å². The van der Waals surface area contributed by atoms with Gasteiger partial charge in [0.25, 0.3) is 0 Å². The van der Waals surface area contributed by atoms with Crippen LogP contribution in [-0.2, 0) is 19.4 Å². The summed E-state index contributed by atoms with van der Waals surface area (Å²) in [5, 5.41) is 3.17. The molecule has 0 heterocycles. The molecule has 1 N–H and O–H groups in total. The summed E-state index contributed by atoms with van der Waals surface area (Å²) in [6, 6.07) is 0. The minimum absolute atomic E-state index is 0.790. The van der Waals surface area contributed by atoms with Crippen molar-refractivity contribution in [2.75, 3.05) is 0 Å². The van der Waals surface area contributed by atoms with Crippen LogP contribution < -0.4 is 5.32 Å². The zero-order valence-corrected chi connectivity index (χ0v) is 13.1. The van der Waals surface area contributed by atoms with Crippen molar-refractivity contribution in [1.29, 1.82) is 0 Å². The molecular formula is C9H11BrNSW-. The third kappa shape index (κ3) is 5.66. The number of rotatable bonds is 3. The zero-order chi connectivity index (χ0) is 10.4. The molecule has 0 aliphatic carbocycles. The van der Waals surface area contributed by atoms with Crippen LogP contribution in [-0.4, -0.2) is 8.89 Å². The van der Waals surface area contributed by atoms with Gasteiger partial charge >= 0.3 is 105 Å². The Kier molecular flexibility index (Phi) is 7.02. The molecule has 0 rings (SSSR count). The minimum atomic E-state index is 0.790. The van der Waals surface area contributed by atoms with Gasteiger partial charge in [-0.3, -0.25) is 0 Å². The molecular weight excluding hydrogens is 418 g/mol. The molecule has 0 amide bonds. The molecule has 1 nitrogen and oxygen atoms in total. The second-order valence-corrected chi connectivity index (χ2v) is 5.82. The van der Waals surface area contributed by atoms with Gasteiger partial charge in [-0.05, 0) is 0 Å². The first-order chi connectivity index (χ1) is 5.99. The first-order valence-electron chi connectivity index (χ1n) is 3.67. The van der Waals surface area contributed by atoms with Crippen LogP contribution in [0.15, 0.2) is 17.3 Å². The van der Waals surface area contributed by atoms with E-state index in [-0.39, 0.29) is 0 Å². The zero-order valence-electron chi connectivity index (χ0n) is 7.77. The number of hydrogen-bond donors (Lipinski definition) is 1. The summed E-state index contributed by atoms with van der Waals surface area (Å²) in [5.41, 5.74) is 2.24. The Morgan fingerprint density at radius 3 is 2.31 bits per heavy atom. The van der Waals surface area contributed by atoms with Crippen LogP contribution >= 0.6 is 28.1 Å². The topological polar surface area (TPSA) is 12.0 Å². The fourth-order valence-corrected chi connectivity index (χ4v) is 2.00. The molecule has 0 fully saturated rings. The van der Waals surface area contributed by atoms with Crippen LogP contribution in [0.3, 0.4) is 0 Å². The molecule has 0 radical (unpaired) electrons. The molecule has 0 unspecified atom stereocenters. The van der Waals surface area contributed by atoms with Gasteiger partial charge in [0.15, 0.2) is 0 Å². The average molecular weight is 429 g/mol. The number of hydrogen-bond acceptors (Lipinski definition) is 1. The van der Waals surface area contributed by atoms with Crippen molar-refractivity contribution in [3.8, 4) is 0 Å². The predicted octanol–water partition coefficient (Wildman–Crippen LogP) is 2.65. The molecule has 0 spiro atoms. The van der Waals surface area contributed by atoms with E-state index in [9.17, 15) is 0 Å². The predicted molar refractivity (Wildman–Crippen MR) is 61.5 cm³/mol. The van der Waals surface area contributed by atoms with Gasteiger partial charge in [-0.15, -0.1) is 0 Å². The van der Waals surface area contributed by atoms with Gasteiger partial charge in [-0.1, -0.05) is 0 Å². The van der Waals surface area contributed by atoms with E-state index < -0.39 is 0 Å². The van der Waals surface area contributed by atoms with Crippen LogP contribution in [0.2, 0.25) is 0 Å². The Hall–Kier alpha value is 0.408. The standard InChI is InChI=1S/C9H11BrNS.W/c1-4-9(11-8(3)12)7(2)5-6-10;/h5H,1-3H3,(H,11,12);/q-1;/b9-7+;. The second-order valence-electron chi connectivity index (χ2n) is 2.55. The normalized spacial score (nSPS) is 12.6. The molecule has 0 bridgehead atoms. The van der Waals surface area contributed by atoms with E-state index in [2.05, 4.69) is 33.2 Å². The molecule has 4 heteroatoms. The van der Waals surface area contributed by atoms with E-state index >= 15 is 0 Å². The molecule has 0 aliphatic rings. The summed E-state index contributed by atoms with van der Waals surface area (Å²) in [7, 11) is 0. The summed E-state index contributed by atoms with van der Waals surface area (Å²) in [5.74, 6) is 0. The van der Waals surface area contributed by atoms with Crippen LogP contribution in [0.1, 0.15) is 20.8 Å². The SMILES string of the molecule is CC(=S)N/C([C](C)=[W])=C(\C)C=[C-]Br. The van der Waals surface area contributed by atoms with Crippen LogP contribution in [0, 0.1) is 4.99 Å². The van der Waals surface area contributed by atoms with Gasteiger partial charge in [0, 0.05) is 0 Å². The Balaban J connectivity index is 4.88. The maximum atomic E-state index is 5.00. The number of nitrogens with one attached hydrogen (secondary N) is 1. The van der Waals surface area contributed by atoms with E-state index in [0.717, 1.165) is 16.3 Å². The Morgan fingerprint density at radius 1 is 1.46 bits per heavy atom. The van der Waals surface area contributed by atoms with Gasteiger partial charge in [-0.25, -0.2) is 0 Å². The second kappa shape index (κ2) is 6.80. The summed E-state index contributed by atoms with van der Waals surface area (Å²) in [6.45, 7) is 5.99. The molecule has 0 saturated heterocycles. The van der Waals surface area contributed by atoms with Crippen LogP contribution in [0.4, 0.5) is 0 Å². The summed E-state index contributed by atoms with van der Waals surface area (Å²) in [4.78, 5) is 3.61. The molecule has 0 aromatic rings. The van der Waals surface area contributed by atoms with Gasteiger partial charge in [0.05, 0.1) is 0 Å². The number of thiocarbonyl (C=S) groups is 1. The third-order valence-corrected chi connectivity index (χ3v) is 2.38. The van der Waals surface area contributed by atoms with Crippen LogP contribution in [0.5, 0.6) is 0 Å². The monoisotopic (exact) mass is 428 g/mol. The molecule has 0 aromatic heterocycles. The molecule has 13 heavy (non-hydrogen) atoms. The first kappa shape index (κ1) is 13.4. The van der Waals surface area contributed by atoms with Crippen molar-refractivity contribution in [3.63, 3.8) is 0 Å². The molecule has 0 aliphatic heterocycles. The van der Waals surface area contributed by atoms with E-state index in [1.54, 1.807) is 0 Å². The van der Waals surface area contributed by atoms with Crippen molar-refractivity contribution in [2.45, 2.75) is 20.8 Å². The van der Waals surface area contributed by atoms with Crippen molar-refractivity contribution >= 4 is 37.0 Å². The van der Waals surface area contributed by atoms with Crippen molar-refractivity contribution in [1.82, 2.24) is 5.32 Å².